The normalized spacial score (nSPS) is 11.2. The highest BCUT2D eigenvalue weighted by atomic mass is 19.5. The van der Waals surface area contributed by atoms with Crippen molar-refractivity contribution in [2.24, 2.45) is 0 Å². The Balaban J connectivity index is 0.000000722. The molecule has 3 aromatic rings. The number of halogens is 8. The molecule has 1 N–H and O–H groups in total. The molecule has 0 aliphatic rings. The van der Waals surface area contributed by atoms with Crippen LogP contribution in [0.25, 0.3) is 11.1 Å². The Morgan fingerprint density at radius 3 is 1.27 bits per heavy atom. The van der Waals surface area contributed by atoms with Crippen LogP contribution in [0.3, 0.4) is 0 Å². The van der Waals surface area contributed by atoms with Gasteiger partial charge in [0, 0.05) is 42.9 Å². The van der Waals surface area contributed by atoms with Crippen molar-refractivity contribution in [3.05, 3.63) is 84.9 Å². The lowest BCUT2D eigenvalue weighted by molar-refractivity contribution is -0.697. The van der Waals surface area contributed by atoms with E-state index in [0.717, 1.165) is 19.5 Å². The van der Waals surface area contributed by atoms with E-state index < -0.39 is 14.5 Å². The third-order valence-electron chi connectivity index (χ3n) is 5.90. The van der Waals surface area contributed by atoms with Crippen LogP contribution in [0, 0.1) is 0 Å². The molecule has 0 amide bonds. The third kappa shape index (κ3) is 22.4. The van der Waals surface area contributed by atoms with Crippen LogP contribution in [0.15, 0.2) is 79.4 Å². The largest absolute Gasteiger partial charge is 0.673 e. The van der Waals surface area contributed by atoms with Gasteiger partial charge >= 0.3 is 14.5 Å². The third-order valence-corrected chi connectivity index (χ3v) is 5.90. The van der Waals surface area contributed by atoms with Gasteiger partial charge in [0.1, 0.15) is 6.54 Å². The van der Waals surface area contributed by atoms with Gasteiger partial charge < -0.3 is 39.6 Å². The summed E-state index contributed by atoms with van der Waals surface area (Å²) in [5, 5.41) is 8.79. The predicted octanol–water partition coefficient (Wildman–Crippen LogP) is 8.08. The summed E-state index contributed by atoms with van der Waals surface area (Å²) in [5.74, 6) is 0. The van der Waals surface area contributed by atoms with Gasteiger partial charge in [-0.3, -0.25) is 0 Å². The molecule has 2 aromatic heterocycles. The molecule has 0 aliphatic heterocycles. The Bertz CT molecular complexity index is 1030. The molecule has 0 bridgehead atoms. The Morgan fingerprint density at radius 1 is 0.488 bits per heavy atom. The molecule has 0 saturated heterocycles. The lowest BCUT2D eigenvalue weighted by Gasteiger charge is -2.03. The van der Waals surface area contributed by atoms with Gasteiger partial charge in [0.05, 0.1) is 0 Å². The maximum absolute atomic E-state index is 9.75. The van der Waals surface area contributed by atoms with Crippen molar-refractivity contribution in [1.29, 1.82) is 0 Å². The van der Waals surface area contributed by atoms with Crippen molar-refractivity contribution in [3.8, 4) is 11.1 Å². The number of hydrogen-bond donors (Lipinski definition) is 1. The summed E-state index contributed by atoms with van der Waals surface area (Å²) in [5.41, 5.74) is 3.85. The molecule has 0 fully saturated rings. The number of aliphatic hydroxyl groups is 1. The van der Waals surface area contributed by atoms with Crippen molar-refractivity contribution in [2.75, 3.05) is 6.61 Å². The highest BCUT2D eigenvalue weighted by Crippen LogP contribution is 2.16. The van der Waals surface area contributed by atoms with E-state index in [1.807, 2.05) is 0 Å². The van der Waals surface area contributed by atoms with E-state index in [0.29, 0.717) is 6.61 Å². The summed E-state index contributed by atoms with van der Waals surface area (Å²) in [7, 11) is -12.0. The molecular formula is C28H38B2F8N2O. The second-order valence-electron chi connectivity index (χ2n) is 9.46. The van der Waals surface area contributed by atoms with Crippen molar-refractivity contribution in [1.82, 2.24) is 0 Å². The minimum atomic E-state index is -6.00. The summed E-state index contributed by atoms with van der Waals surface area (Å²) in [6, 6.07) is 19.4. The molecule has 2 heterocycles. The van der Waals surface area contributed by atoms with Crippen LogP contribution in [0.4, 0.5) is 34.5 Å². The monoisotopic (exact) mass is 592 g/mol. The zero-order valence-electron chi connectivity index (χ0n) is 23.0. The van der Waals surface area contributed by atoms with E-state index in [1.165, 1.54) is 68.1 Å². The first kappa shape index (κ1) is 36.1. The van der Waals surface area contributed by atoms with Crippen molar-refractivity contribution in [3.63, 3.8) is 0 Å². The van der Waals surface area contributed by atoms with Crippen molar-refractivity contribution in [2.45, 2.75) is 70.9 Å². The SMILES string of the molecule is F[B-](F)(F)F.F[B-](F)(F)F.OCCCCCCCCCCC[n+]1ccc(-c2cc[n+](Cc3ccccc3)cc2)cc1. The Hall–Kier alpha value is -2.95. The van der Waals surface area contributed by atoms with E-state index in [-0.39, 0.29) is 0 Å². The fourth-order valence-corrected chi connectivity index (χ4v) is 3.99. The van der Waals surface area contributed by atoms with Gasteiger partial charge in [-0.05, 0) is 24.0 Å². The van der Waals surface area contributed by atoms with Crippen LogP contribution in [0.5, 0.6) is 0 Å². The molecule has 0 aliphatic carbocycles. The van der Waals surface area contributed by atoms with E-state index in [1.54, 1.807) is 0 Å². The van der Waals surface area contributed by atoms with Gasteiger partial charge in [-0.15, -0.1) is 0 Å². The molecule has 0 radical (unpaired) electrons. The fraction of sp³-hybridized carbons (Fsp3) is 0.429. The first-order valence-electron chi connectivity index (χ1n) is 13.7. The van der Waals surface area contributed by atoms with Crippen LogP contribution < -0.4 is 9.13 Å². The lowest BCUT2D eigenvalue weighted by atomic mass is 10.1. The van der Waals surface area contributed by atoms with Gasteiger partial charge in [-0.1, -0.05) is 68.9 Å². The summed E-state index contributed by atoms with van der Waals surface area (Å²) in [6.45, 7) is 2.35. The minimum Gasteiger partial charge on any atom is -0.418 e. The number of unbranched alkanes of at least 4 members (excludes halogenated alkanes) is 8. The molecule has 0 unspecified atom stereocenters. The van der Waals surface area contributed by atoms with Crippen LogP contribution in [0.1, 0.15) is 63.4 Å². The van der Waals surface area contributed by atoms with E-state index in [2.05, 4.69) is 88.5 Å². The highest BCUT2D eigenvalue weighted by Gasteiger charge is 2.21. The van der Waals surface area contributed by atoms with E-state index in [9.17, 15) is 34.5 Å². The zero-order valence-corrected chi connectivity index (χ0v) is 23.0. The first-order chi connectivity index (χ1) is 19.3. The van der Waals surface area contributed by atoms with Gasteiger partial charge in [-0.25, -0.2) is 9.13 Å². The molecule has 13 heteroatoms. The Labute approximate surface area is 237 Å². The van der Waals surface area contributed by atoms with E-state index >= 15 is 0 Å². The number of nitrogens with zero attached hydrogens (tertiary/aromatic N) is 2. The quantitative estimate of drug-likeness (QED) is 0.0872. The number of benzene rings is 1. The molecule has 0 spiro atoms. The molecular weight excluding hydrogens is 554 g/mol. The number of rotatable bonds is 14. The maximum Gasteiger partial charge on any atom is 0.673 e. The first-order valence-corrected chi connectivity index (χ1v) is 13.7. The zero-order chi connectivity index (χ0) is 30.6. The molecule has 0 saturated carbocycles. The summed E-state index contributed by atoms with van der Waals surface area (Å²) in [6.07, 6.45) is 20.1. The highest BCUT2D eigenvalue weighted by molar-refractivity contribution is 6.50. The van der Waals surface area contributed by atoms with Gasteiger partial charge in [0.2, 0.25) is 0 Å². The smallest absolute Gasteiger partial charge is 0.418 e. The fourth-order valence-electron chi connectivity index (χ4n) is 3.99. The van der Waals surface area contributed by atoms with E-state index in [4.69, 9.17) is 5.11 Å². The molecule has 228 valence electrons. The number of aromatic nitrogens is 2. The molecule has 0 atom stereocenters. The van der Waals surface area contributed by atoms with Gasteiger partial charge in [0.25, 0.3) is 0 Å². The number of aryl methyl sites for hydroxylation is 1. The second-order valence-corrected chi connectivity index (χ2v) is 9.46. The van der Waals surface area contributed by atoms with Crippen LogP contribution in [-0.4, -0.2) is 26.2 Å². The molecule has 41 heavy (non-hydrogen) atoms. The number of hydrogen-bond acceptors (Lipinski definition) is 1. The number of pyridine rings is 2. The van der Waals surface area contributed by atoms with Crippen molar-refractivity contribution < 1.29 is 48.8 Å². The van der Waals surface area contributed by atoms with Crippen LogP contribution in [-0.2, 0) is 13.1 Å². The number of aliphatic hydroxyl groups excluding tert-OH is 1. The summed E-state index contributed by atoms with van der Waals surface area (Å²) >= 11 is 0. The maximum atomic E-state index is 9.75. The Kier molecular flexibility index (Phi) is 17.6. The average Bonchev–Trinajstić information content (AvgIpc) is 2.89. The van der Waals surface area contributed by atoms with Gasteiger partial charge in [0.15, 0.2) is 31.3 Å². The average molecular weight is 592 g/mol. The summed E-state index contributed by atoms with van der Waals surface area (Å²) in [4.78, 5) is 0. The predicted molar refractivity (Wildman–Crippen MR) is 147 cm³/mol. The molecule has 3 nitrogen and oxygen atoms in total. The van der Waals surface area contributed by atoms with Crippen LogP contribution >= 0.6 is 0 Å². The molecule has 3 rings (SSSR count). The summed E-state index contributed by atoms with van der Waals surface area (Å²) < 4.78 is 82.5. The topological polar surface area (TPSA) is 28.0 Å². The second kappa shape index (κ2) is 20.0. The standard InChI is InChI=1S/C28H38N2O.2BF4/c31-24-12-7-5-3-1-2-4-6-11-19-29-20-15-27(16-21-29)28-17-22-30(23-18-28)25-26-13-9-8-10-14-26;2*2-1(3,4)5/h8-10,13-18,20-23,31H,1-7,11-12,19,24-25H2;;/q+2;2*-1. The Morgan fingerprint density at radius 2 is 0.854 bits per heavy atom. The van der Waals surface area contributed by atoms with Crippen LogP contribution in [0.2, 0.25) is 0 Å². The molecule has 1 aromatic carbocycles. The minimum absolute atomic E-state index is 0.346. The van der Waals surface area contributed by atoms with Crippen molar-refractivity contribution >= 4 is 14.5 Å². The van der Waals surface area contributed by atoms with Gasteiger partial charge in [-0.2, -0.15) is 0 Å². The lowest BCUT2D eigenvalue weighted by Crippen LogP contribution is -2.33.